The molecule has 1 aliphatic rings. The van der Waals surface area contributed by atoms with E-state index in [0.717, 1.165) is 44.9 Å². The van der Waals surface area contributed by atoms with E-state index in [1.54, 1.807) is 24.3 Å². The molecule has 0 aromatic heterocycles. The van der Waals surface area contributed by atoms with Crippen LogP contribution >= 0.6 is 0 Å². The molecule has 2 rings (SSSR count). The molecule has 0 radical (unpaired) electrons. The highest BCUT2D eigenvalue weighted by molar-refractivity contribution is 5.98. The average molecular weight is 433 g/mol. The Morgan fingerprint density at radius 3 is 2.39 bits per heavy atom. The number of carbonyl (C=O) groups is 4. The predicted octanol–water partition coefficient (Wildman–Crippen LogP) is 3.53. The van der Waals surface area contributed by atoms with Gasteiger partial charge >= 0.3 is 12.0 Å². The molecule has 1 saturated carbocycles. The van der Waals surface area contributed by atoms with Gasteiger partial charge in [0.15, 0.2) is 12.4 Å². The Balaban J connectivity index is 1.62. The van der Waals surface area contributed by atoms with Crippen LogP contribution in [-0.2, 0) is 14.3 Å². The molecular weight excluding hydrogens is 400 g/mol. The molecule has 1 fully saturated rings. The molecule has 31 heavy (non-hydrogen) atoms. The monoisotopic (exact) mass is 432 g/mol. The highest BCUT2D eigenvalue weighted by Crippen LogP contribution is 2.17. The van der Waals surface area contributed by atoms with Crippen LogP contribution in [0, 0.1) is 0 Å². The van der Waals surface area contributed by atoms with Crippen LogP contribution < -0.4 is 15.4 Å². The second-order valence-electron chi connectivity index (χ2n) is 7.67. The van der Waals surface area contributed by atoms with Gasteiger partial charge in [-0.25, -0.2) is 4.79 Å². The summed E-state index contributed by atoms with van der Waals surface area (Å²) in [5, 5.41) is 4.85. The molecule has 8 heteroatoms. The van der Waals surface area contributed by atoms with E-state index >= 15 is 0 Å². The lowest BCUT2D eigenvalue weighted by atomic mass is 10.1. The SMILES string of the molecule is CCCCCOc1ccc(C(=O)CCC(=O)OCC(=O)NC(=O)NC2CCCC2)cc1. The van der Waals surface area contributed by atoms with Gasteiger partial charge in [-0.3, -0.25) is 19.7 Å². The summed E-state index contributed by atoms with van der Waals surface area (Å²) in [7, 11) is 0. The van der Waals surface area contributed by atoms with Gasteiger partial charge < -0.3 is 14.8 Å². The number of benzene rings is 1. The van der Waals surface area contributed by atoms with Crippen LogP contribution in [0.1, 0.15) is 75.1 Å². The first-order valence-corrected chi connectivity index (χ1v) is 11.0. The number of hydrogen-bond donors (Lipinski definition) is 2. The molecule has 2 N–H and O–H groups in total. The Bertz CT molecular complexity index is 741. The number of esters is 1. The molecule has 0 saturated heterocycles. The minimum Gasteiger partial charge on any atom is -0.494 e. The minimum atomic E-state index is -0.704. The van der Waals surface area contributed by atoms with Gasteiger partial charge in [0, 0.05) is 18.0 Å². The molecule has 170 valence electrons. The zero-order valence-electron chi connectivity index (χ0n) is 18.1. The molecular formula is C23H32N2O6. The fourth-order valence-electron chi connectivity index (χ4n) is 3.31. The van der Waals surface area contributed by atoms with Crippen LogP contribution in [0.15, 0.2) is 24.3 Å². The topological polar surface area (TPSA) is 111 Å². The number of ketones is 1. The number of Topliss-reactive ketones (excluding diaryl/α,β-unsaturated/α-hetero) is 1. The van der Waals surface area contributed by atoms with E-state index in [0.29, 0.717) is 17.9 Å². The van der Waals surface area contributed by atoms with Gasteiger partial charge in [0.25, 0.3) is 5.91 Å². The third kappa shape index (κ3) is 9.63. The molecule has 8 nitrogen and oxygen atoms in total. The summed E-state index contributed by atoms with van der Waals surface area (Å²) in [6.45, 7) is 2.21. The van der Waals surface area contributed by atoms with Crippen molar-refractivity contribution in [1.29, 1.82) is 0 Å². The maximum Gasteiger partial charge on any atom is 0.321 e. The van der Waals surface area contributed by atoms with E-state index in [9.17, 15) is 19.2 Å². The fourth-order valence-corrected chi connectivity index (χ4v) is 3.31. The van der Waals surface area contributed by atoms with Crippen molar-refractivity contribution in [3.8, 4) is 5.75 Å². The fraction of sp³-hybridized carbons (Fsp3) is 0.565. The van der Waals surface area contributed by atoms with Crippen molar-refractivity contribution in [3.05, 3.63) is 29.8 Å². The average Bonchev–Trinajstić information content (AvgIpc) is 3.27. The maximum atomic E-state index is 12.2. The van der Waals surface area contributed by atoms with Crippen LogP contribution in [0.25, 0.3) is 0 Å². The van der Waals surface area contributed by atoms with Gasteiger partial charge in [-0.15, -0.1) is 0 Å². The van der Waals surface area contributed by atoms with E-state index in [-0.39, 0.29) is 24.7 Å². The molecule has 0 spiro atoms. The van der Waals surface area contributed by atoms with Gasteiger partial charge in [0.1, 0.15) is 5.75 Å². The van der Waals surface area contributed by atoms with Gasteiger partial charge in [0.05, 0.1) is 13.0 Å². The quantitative estimate of drug-likeness (QED) is 0.297. The minimum absolute atomic E-state index is 0.0285. The lowest BCUT2D eigenvalue weighted by Crippen LogP contribution is -2.45. The summed E-state index contributed by atoms with van der Waals surface area (Å²) in [4.78, 5) is 47.4. The largest absolute Gasteiger partial charge is 0.494 e. The van der Waals surface area contributed by atoms with Crippen molar-refractivity contribution in [2.45, 2.75) is 70.8 Å². The second kappa shape index (κ2) is 13.4. The van der Waals surface area contributed by atoms with Crippen LogP contribution in [-0.4, -0.2) is 42.9 Å². The lowest BCUT2D eigenvalue weighted by Gasteiger charge is -2.12. The van der Waals surface area contributed by atoms with Crippen LogP contribution in [0.2, 0.25) is 0 Å². The highest BCUT2D eigenvalue weighted by Gasteiger charge is 2.19. The third-order valence-corrected chi connectivity index (χ3v) is 5.06. The van der Waals surface area contributed by atoms with E-state index in [1.807, 2.05) is 0 Å². The lowest BCUT2D eigenvalue weighted by molar-refractivity contribution is -0.148. The number of urea groups is 1. The second-order valence-corrected chi connectivity index (χ2v) is 7.67. The first kappa shape index (κ1) is 24.4. The molecule has 0 heterocycles. The van der Waals surface area contributed by atoms with Crippen LogP contribution in [0.4, 0.5) is 4.79 Å². The van der Waals surface area contributed by atoms with Crippen molar-refractivity contribution >= 4 is 23.7 Å². The van der Waals surface area contributed by atoms with E-state index < -0.39 is 24.5 Å². The number of rotatable bonds is 12. The number of hydrogen-bond acceptors (Lipinski definition) is 6. The summed E-state index contributed by atoms with van der Waals surface area (Å²) >= 11 is 0. The first-order valence-electron chi connectivity index (χ1n) is 11.0. The summed E-state index contributed by atoms with van der Waals surface area (Å²) in [6.07, 6.45) is 6.98. The normalized spacial score (nSPS) is 13.5. The Morgan fingerprint density at radius 2 is 1.71 bits per heavy atom. The Kier molecular flexibility index (Phi) is 10.5. The predicted molar refractivity (Wildman–Crippen MR) is 115 cm³/mol. The molecule has 0 atom stereocenters. The summed E-state index contributed by atoms with van der Waals surface area (Å²) in [5.41, 5.74) is 0.482. The van der Waals surface area contributed by atoms with Gasteiger partial charge in [0.2, 0.25) is 0 Å². The summed E-state index contributed by atoms with van der Waals surface area (Å²) in [6, 6.07) is 6.30. The number of carbonyl (C=O) groups excluding carboxylic acids is 4. The number of ether oxygens (including phenoxy) is 2. The Hall–Kier alpha value is -2.90. The Labute approximate surface area is 183 Å². The highest BCUT2D eigenvalue weighted by atomic mass is 16.5. The molecule has 0 aliphatic heterocycles. The smallest absolute Gasteiger partial charge is 0.321 e. The molecule has 1 aliphatic carbocycles. The van der Waals surface area contributed by atoms with E-state index in [2.05, 4.69) is 17.6 Å². The number of unbranched alkanes of at least 4 members (excludes halogenated alkanes) is 2. The van der Waals surface area contributed by atoms with Crippen LogP contribution in [0.3, 0.4) is 0 Å². The first-order chi connectivity index (χ1) is 15.0. The van der Waals surface area contributed by atoms with Crippen LogP contribution in [0.5, 0.6) is 5.75 Å². The summed E-state index contributed by atoms with van der Waals surface area (Å²) in [5.74, 6) is -0.870. The number of amides is 3. The van der Waals surface area contributed by atoms with Crippen molar-refractivity contribution in [1.82, 2.24) is 10.6 Å². The van der Waals surface area contributed by atoms with Crippen molar-refractivity contribution in [3.63, 3.8) is 0 Å². The Morgan fingerprint density at radius 1 is 1.00 bits per heavy atom. The zero-order chi connectivity index (χ0) is 22.5. The van der Waals surface area contributed by atoms with Crippen molar-refractivity contribution in [2.24, 2.45) is 0 Å². The molecule has 1 aromatic carbocycles. The molecule has 1 aromatic rings. The number of nitrogens with one attached hydrogen (secondary N) is 2. The molecule has 0 unspecified atom stereocenters. The standard InChI is InChI=1S/C23H32N2O6/c1-2-3-6-15-30-19-11-9-17(10-12-19)20(26)13-14-22(28)31-16-21(27)25-23(29)24-18-7-4-5-8-18/h9-12,18H,2-8,13-16H2,1H3,(H2,24,25,27,29). The van der Waals surface area contributed by atoms with E-state index in [4.69, 9.17) is 9.47 Å². The zero-order valence-corrected chi connectivity index (χ0v) is 18.1. The molecule has 3 amide bonds. The maximum absolute atomic E-state index is 12.2. The van der Waals surface area contributed by atoms with E-state index in [1.165, 1.54) is 0 Å². The van der Waals surface area contributed by atoms with Crippen molar-refractivity contribution < 1.29 is 28.7 Å². The molecule has 0 bridgehead atoms. The van der Waals surface area contributed by atoms with Gasteiger partial charge in [-0.05, 0) is 43.5 Å². The van der Waals surface area contributed by atoms with Gasteiger partial charge in [-0.1, -0.05) is 32.6 Å². The summed E-state index contributed by atoms with van der Waals surface area (Å²) < 4.78 is 10.4. The third-order valence-electron chi connectivity index (χ3n) is 5.06. The van der Waals surface area contributed by atoms with Crippen molar-refractivity contribution in [2.75, 3.05) is 13.2 Å². The van der Waals surface area contributed by atoms with Gasteiger partial charge in [-0.2, -0.15) is 0 Å². The number of imide groups is 1.